The Morgan fingerprint density at radius 3 is 1.47 bits per heavy atom. The molecule has 2 aromatic carbocycles. The first kappa shape index (κ1) is 10.2. The maximum absolute atomic E-state index is 9.96. The number of aromatic hydroxyl groups is 2. The zero-order chi connectivity index (χ0) is 11.9. The van der Waals surface area contributed by atoms with Crippen LogP contribution in [0.4, 0.5) is 0 Å². The normalized spacial score (nSPS) is 16.7. The van der Waals surface area contributed by atoms with Gasteiger partial charge < -0.3 is 10.2 Å². The Hall–Kier alpha value is -1.96. The summed E-state index contributed by atoms with van der Waals surface area (Å²) in [6.07, 6.45) is 1.95. The minimum absolute atomic E-state index is 0.184. The summed E-state index contributed by atoms with van der Waals surface area (Å²) in [5, 5.41) is 19.9. The summed E-state index contributed by atoms with van der Waals surface area (Å²) in [5.41, 5.74) is 1.65. The van der Waals surface area contributed by atoms with Crippen molar-refractivity contribution in [3.8, 4) is 11.5 Å². The molecule has 1 aliphatic rings. The third-order valence-corrected chi connectivity index (χ3v) is 3.59. The van der Waals surface area contributed by atoms with Crippen molar-refractivity contribution in [3.05, 3.63) is 59.7 Å². The van der Waals surface area contributed by atoms with Crippen LogP contribution in [0.15, 0.2) is 48.5 Å². The van der Waals surface area contributed by atoms with E-state index in [0.29, 0.717) is 11.5 Å². The van der Waals surface area contributed by atoms with Gasteiger partial charge in [0, 0.05) is 16.5 Å². The highest BCUT2D eigenvalue weighted by molar-refractivity contribution is 5.54. The Morgan fingerprint density at radius 1 is 0.706 bits per heavy atom. The second-order valence-electron chi connectivity index (χ2n) is 4.62. The van der Waals surface area contributed by atoms with E-state index in [9.17, 15) is 10.2 Å². The van der Waals surface area contributed by atoms with Crippen LogP contribution in [0.5, 0.6) is 11.5 Å². The molecule has 86 valence electrons. The molecule has 3 rings (SSSR count). The first-order valence-electron chi connectivity index (χ1n) is 5.81. The summed E-state index contributed by atoms with van der Waals surface area (Å²) in [5.74, 6) is 0.626. The van der Waals surface area contributed by atoms with E-state index < -0.39 is 0 Å². The van der Waals surface area contributed by atoms with E-state index in [4.69, 9.17) is 0 Å². The molecule has 2 N–H and O–H groups in total. The highest BCUT2D eigenvalue weighted by atomic mass is 16.3. The molecule has 0 radical (unpaired) electrons. The molecule has 2 aromatic rings. The maximum atomic E-state index is 9.96. The zero-order valence-corrected chi connectivity index (χ0v) is 9.43. The van der Waals surface area contributed by atoms with Gasteiger partial charge in [-0.1, -0.05) is 36.4 Å². The van der Waals surface area contributed by atoms with Crippen LogP contribution in [0.1, 0.15) is 24.0 Å². The molecule has 0 aliphatic heterocycles. The van der Waals surface area contributed by atoms with Gasteiger partial charge in [0.25, 0.3) is 0 Å². The first-order valence-corrected chi connectivity index (χ1v) is 5.81. The molecule has 2 nitrogen and oxygen atoms in total. The van der Waals surface area contributed by atoms with Crippen LogP contribution in [-0.2, 0) is 5.41 Å². The van der Waals surface area contributed by atoms with Crippen molar-refractivity contribution < 1.29 is 10.2 Å². The number of hydrogen-bond donors (Lipinski definition) is 2. The molecule has 0 spiro atoms. The summed E-state index contributed by atoms with van der Waals surface area (Å²) in [7, 11) is 0. The van der Waals surface area contributed by atoms with Gasteiger partial charge in [-0.05, 0) is 25.0 Å². The zero-order valence-electron chi connectivity index (χ0n) is 9.43. The largest absolute Gasteiger partial charge is 0.508 e. The van der Waals surface area contributed by atoms with Crippen LogP contribution in [0.2, 0.25) is 0 Å². The number of para-hydroxylation sites is 2. The minimum Gasteiger partial charge on any atom is -0.508 e. The average Bonchev–Trinajstić information content (AvgIpc) is 3.11. The van der Waals surface area contributed by atoms with Gasteiger partial charge in [-0.2, -0.15) is 0 Å². The Bertz CT molecular complexity index is 509. The van der Waals surface area contributed by atoms with Crippen LogP contribution >= 0.6 is 0 Å². The second kappa shape index (κ2) is 3.52. The highest BCUT2D eigenvalue weighted by Gasteiger charge is 2.48. The van der Waals surface area contributed by atoms with Gasteiger partial charge in [-0.25, -0.2) is 0 Å². The molecule has 0 bridgehead atoms. The SMILES string of the molecule is Oc1ccccc1C1(c2ccccc2O)CC1. The lowest BCUT2D eigenvalue weighted by Gasteiger charge is -2.18. The molecule has 2 heteroatoms. The summed E-state index contributed by atoms with van der Waals surface area (Å²) in [4.78, 5) is 0. The molecular formula is C15H14O2. The maximum Gasteiger partial charge on any atom is 0.119 e. The van der Waals surface area contributed by atoms with Gasteiger partial charge in [0.1, 0.15) is 11.5 Å². The van der Waals surface area contributed by atoms with Gasteiger partial charge in [0.15, 0.2) is 0 Å². The van der Waals surface area contributed by atoms with Crippen molar-refractivity contribution in [1.82, 2.24) is 0 Å². The summed E-state index contributed by atoms with van der Waals surface area (Å²) in [6.45, 7) is 0. The second-order valence-corrected chi connectivity index (χ2v) is 4.62. The number of phenols is 2. The third-order valence-electron chi connectivity index (χ3n) is 3.59. The Balaban J connectivity index is 2.15. The predicted octanol–water partition coefficient (Wildman–Crippen LogP) is 3.18. The van der Waals surface area contributed by atoms with Gasteiger partial charge in [0.2, 0.25) is 0 Å². The van der Waals surface area contributed by atoms with Gasteiger partial charge in [-0.15, -0.1) is 0 Å². The lowest BCUT2D eigenvalue weighted by Crippen LogP contribution is -2.08. The lowest BCUT2D eigenvalue weighted by atomic mass is 9.87. The minimum atomic E-state index is -0.184. The van der Waals surface area contributed by atoms with Crippen molar-refractivity contribution >= 4 is 0 Å². The number of phenolic OH excluding ortho intramolecular Hbond substituents is 2. The van der Waals surface area contributed by atoms with Crippen molar-refractivity contribution in [2.75, 3.05) is 0 Å². The Labute approximate surface area is 100 Å². The fourth-order valence-electron chi connectivity index (χ4n) is 2.57. The Morgan fingerprint density at radius 2 is 1.12 bits per heavy atom. The molecule has 0 atom stereocenters. The molecular weight excluding hydrogens is 212 g/mol. The van der Waals surface area contributed by atoms with Crippen LogP contribution in [-0.4, -0.2) is 10.2 Å². The molecule has 0 saturated heterocycles. The molecule has 0 unspecified atom stereocenters. The molecule has 1 aliphatic carbocycles. The predicted molar refractivity (Wildman–Crippen MR) is 66.2 cm³/mol. The van der Waals surface area contributed by atoms with Crippen LogP contribution in [0.3, 0.4) is 0 Å². The number of benzene rings is 2. The van der Waals surface area contributed by atoms with Crippen molar-refractivity contribution in [3.63, 3.8) is 0 Å². The fraction of sp³-hybridized carbons (Fsp3) is 0.200. The van der Waals surface area contributed by atoms with Crippen LogP contribution < -0.4 is 0 Å². The molecule has 0 aromatic heterocycles. The topological polar surface area (TPSA) is 40.5 Å². The molecule has 1 saturated carbocycles. The lowest BCUT2D eigenvalue weighted by molar-refractivity contribution is 0.452. The van der Waals surface area contributed by atoms with E-state index in [1.54, 1.807) is 12.1 Å². The van der Waals surface area contributed by atoms with Crippen molar-refractivity contribution in [2.45, 2.75) is 18.3 Å². The monoisotopic (exact) mass is 226 g/mol. The number of rotatable bonds is 2. The molecule has 17 heavy (non-hydrogen) atoms. The van der Waals surface area contributed by atoms with E-state index in [-0.39, 0.29) is 5.41 Å². The van der Waals surface area contributed by atoms with Gasteiger partial charge >= 0.3 is 0 Å². The van der Waals surface area contributed by atoms with E-state index in [2.05, 4.69) is 0 Å². The van der Waals surface area contributed by atoms with Gasteiger partial charge in [-0.3, -0.25) is 0 Å². The quantitative estimate of drug-likeness (QED) is 0.825. The van der Waals surface area contributed by atoms with Crippen LogP contribution in [0.25, 0.3) is 0 Å². The van der Waals surface area contributed by atoms with E-state index >= 15 is 0 Å². The molecule has 0 amide bonds. The first-order chi connectivity index (χ1) is 8.24. The average molecular weight is 226 g/mol. The smallest absolute Gasteiger partial charge is 0.119 e. The highest BCUT2D eigenvalue weighted by Crippen LogP contribution is 2.57. The number of hydrogen-bond acceptors (Lipinski definition) is 2. The summed E-state index contributed by atoms with van der Waals surface area (Å²) < 4.78 is 0. The van der Waals surface area contributed by atoms with Crippen molar-refractivity contribution in [2.24, 2.45) is 0 Å². The third kappa shape index (κ3) is 1.48. The van der Waals surface area contributed by atoms with Crippen molar-refractivity contribution in [1.29, 1.82) is 0 Å². The summed E-state index contributed by atoms with van der Waals surface area (Å²) >= 11 is 0. The fourth-order valence-corrected chi connectivity index (χ4v) is 2.57. The van der Waals surface area contributed by atoms with E-state index in [1.807, 2.05) is 36.4 Å². The molecule has 0 heterocycles. The standard InChI is InChI=1S/C15H14O2/c16-13-7-3-1-5-11(13)15(9-10-15)12-6-2-4-8-14(12)17/h1-8,16-17H,9-10H2. The van der Waals surface area contributed by atoms with E-state index in [1.165, 1.54) is 0 Å². The van der Waals surface area contributed by atoms with Gasteiger partial charge in [0.05, 0.1) is 0 Å². The molecule has 1 fully saturated rings. The van der Waals surface area contributed by atoms with E-state index in [0.717, 1.165) is 24.0 Å². The Kier molecular flexibility index (Phi) is 2.11. The van der Waals surface area contributed by atoms with Crippen LogP contribution in [0, 0.1) is 0 Å². The summed E-state index contributed by atoms with van der Waals surface area (Å²) in [6, 6.07) is 14.8.